The van der Waals surface area contributed by atoms with Crippen molar-refractivity contribution in [3.63, 3.8) is 0 Å². The van der Waals surface area contributed by atoms with Crippen LogP contribution in [0, 0.1) is 0 Å². The standard InChI is InChI=1S/C13H21N3O/c1-3-16(10-13(17)15-2)9-8-11-4-6-12(14)7-5-11/h4-7H,3,8-10,14H2,1-2H3,(H,15,17). The van der Waals surface area contributed by atoms with Crippen LogP contribution in [0.3, 0.4) is 0 Å². The van der Waals surface area contributed by atoms with Gasteiger partial charge < -0.3 is 11.1 Å². The van der Waals surface area contributed by atoms with Gasteiger partial charge in [0.05, 0.1) is 6.54 Å². The fourth-order valence-corrected chi connectivity index (χ4v) is 1.60. The SMILES string of the molecule is CCN(CCc1ccc(N)cc1)CC(=O)NC. The Balaban J connectivity index is 2.42. The van der Waals surface area contributed by atoms with Gasteiger partial charge in [-0.1, -0.05) is 19.1 Å². The molecule has 0 atom stereocenters. The number of rotatable bonds is 6. The van der Waals surface area contributed by atoms with Gasteiger partial charge in [-0.05, 0) is 30.7 Å². The predicted molar refractivity (Wildman–Crippen MR) is 70.7 cm³/mol. The van der Waals surface area contributed by atoms with Crippen molar-refractivity contribution in [3.8, 4) is 0 Å². The monoisotopic (exact) mass is 235 g/mol. The molecule has 1 rings (SSSR count). The van der Waals surface area contributed by atoms with Crippen molar-refractivity contribution in [3.05, 3.63) is 29.8 Å². The highest BCUT2D eigenvalue weighted by molar-refractivity contribution is 5.77. The molecule has 0 saturated carbocycles. The molecule has 4 nitrogen and oxygen atoms in total. The van der Waals surface area contributed by atoms with E-state index >= 15 is 0 Å². The fourth-order valence-electron chi connectivity index (χ4n) is 1.60. The van der Waals surface area contributed by atoms with E-state index < -0.39 is 0 Å². The smallest absolute Gasteiger partial charge is 0.233 e. The minimum absolute atomic E-state index is 0.0594. The molecule has 1 amide bonds. The van der Waals surface area contributed by atoms with Crippen LogP contribution in [-0.4, -0.2) is 37.5 Å². The Morgan fingerprint density at radius 3 is 2.53 bits per heavy atom. The number of nitrogens with zero attached hydrogens (tertiary/aromatic N) is 1. The minimum Gasteiger partial charge on any atom is -0.399 e. The van der Waals surface area contributed by atoms with Crippen molar-refractivity contribution < 1.29 is 4.79 Å². The first-order valence-corrected chi connectivity index (χ1v) is 5.93. The predicted octanol–water partition coefficient (Wildman–Crippen LogP) is 0.879. The summed E-state index contributed by atoms with van der Waals surface area (Å²) in [5.74, 6) is 0.0594. The molecule has 4 heteroatoms. The van der Waals surface area contributed by atoms with E-state index in [2.05, 4.69) is 17.1 Å². The summed E-state index contributed by atoms with van der Waals surface area (Å²) in [6, 6.07) is 7.88. The number of nitrogens with two attached hydrogens (primary N) is 1. The van der Waals surface area contributed by atoms with Crippen molar-refractivity contribution in [2.75, 3.05) is 32.4 Å². The van der Waals surface area contributed by atoms with Crippen LogP contribution in [0.15, 0.2) is 24.3 Å². The Morgan fingerprint density at radius 2 is 2.00 bits per heavy atom. The number of nitrogens with one attached hydrogen (secondary N) is 1. The second kappa shape index (κ2) is 6.91. The van der Waals surface area contributed by atoms with Crippen molar-refractivity contribution in [1.82, 2.24) is 10.2 Å². The summed E-state index contributed by atoms with van der Waals surface area (Å²) in [6.07, 6.45) is 0.936. The van der Waals surface area contributed by atoms with Crippen LogP contribution in [0.1, 0.15) is 12.5 Å². The summed E-state index contributed by atoms with van der Waals surface area (Å²) in [7, 11) is 1.66. The van der Waals surface area contributed by atoms with Crippen molar-refractivity contribution in [1.29, 1.82) is 0 Å². The van der Waals surface area contributed by atoms with Crippen LogP contribution in [0.2, 0.25) is 0 Å². The van der Waals surface area contributed by atoms with E-state index in [-0.39, 0.29) is 5.91 Å². The second-order valence-corrected chi connectivity index (χ2v) is 4.03. The molecule has 0 fully saturated rings. The first kappa shape index (κ1) is 13.5. The van der Waals surface area contributed by atoms with E-state index in [1.54, 1.807) is 7.05 Å². The van der Waals surface area contributed by atoms with Gasteiger partial charge in [0.2, 0.25) is 5.91 Å². The number of carbonyl (C=O) groups excluding carboxylic acids is 1. The Labute approximate surface area is 103 Å². The number of carbonyl (C=O) groups is 1. The fraction of sp³-hybridized carbons (Fsp3) is 0.462. The molecule has 0 spiro atoms. The summed E-state index contributed by atoms with van der Waals surface area (Å²) in [4.78, 5) is 13.4. The van der Waals surface area contributed by atoms with E-state index in [1.165, 1.54) is 5.56 Å². The Kier molecular flexibility index (Phi) is 5.49. The number of nitrogen functional groups attached to an aromatic ring is 1. The highest BCUT2D eigenvalue weighted by atomic mass is 16.1. The highest BCUT2D eigenvalue weighted by Crippen LogP contribution is 2.06. The molecule has 0 saturated heterocycles. The average molecular weight is 235 g/mol. The Morgan fingerprint density at radius 1 is 1.35 bits per heavy atom. The first-order valence-electron chi connectivity index (χ1n) is 5.93. The Bertz CT molecular complexity index is 348. The number of benzene rings is 1. The molecule has 1 aromatic rings. The number of hydrogen-bond acceptors (Lipinski definition) is 3. The molecule has 0 bridgehead atoms. The molecule has 0 unspecified atom stereocenters. The van der Waals surface area contributed by atoms with Gasteiger partial charge in [0.1, 0.15) is 0 Å². The third kappa shape index (κ3) is 4.87. The van der Waals surface area contributed by atoms with Crippen LogP contribution in [0.5, 0.6) is 0 Å². The number of hydrogen-bond donors (Lipinski definition) is 2. The summed E-state index contributed by atoms with van der Waals surface area (Å²) in [6.45, 7) is 4.28. The van der Waals surface area contributed by atoms with Crippen LogP contribution >= 0.6 is 0 Å². The third-order valence-electron chi connectivity index (χ3n) is 2.79. The Hall–Kier alpha value is -1.55. The van der Waals surface area contributed by atoms with E-state index in [9.17, 15) is 4.79 Å². The number of anilines is 1. The quantitative estimate of drug-likeness (QED) is 0.720. The van der Waals surface area contributed by atoms with Crippen LogP contribution < -0.4 is 11.1 Å². The van der Waals surface area contributed by atoms with Crippen LogP contribution in [-0.2, 0) is 11.2 Å². The van der Waals surface area contributed by atoms with Gasteiger partial charge in [-0.25, -0.2) is 0 Å². The molecular weight excluding hydrogens is 214 g/mol. The number of likely N-dealkylation sites (N-methyl/N-ethyl adjacent to an activating group) is 2. The lowest BCUT2D eigenvalue weighted by molar-refractivity contribution is -0.121. The minimum atomic E-state index is 0.0594. The maximum absolute atomic E-state index is 11.3. The lowest BCUT2D eigenvalue weighted by atomic mass is 10.1. The third-order valence-corrected chi connectivity index (χ3v) is 2.79. The topological polar surface area (TPSA) is 58.4 Å². The molecule has 0 aliphatic carbocycles. The van der Waals surface area contributed by atoms with Gasteiger partial charge in [-0.3, -0.25) is 9.69 Å². The van der Waals surface area contributed by atoms with E-state index in [0.717, 1.165) is 25.2 Å². The molecule has 0 aliphatic rings. The molecule has 3 N–H and O–H groups in total. The van der Waals surface area contributed by atoms with E-state index in [4.69, 9.17) is 5.73 Å². The van der Waals surface area contributed by atoms with Crippen molar-refractivity contribution in [2.45, 2.75) is 13.3 Å². The van der Waals surface area contributed by atoms with Crippen molar-refractivity contribution in [2.24, 2.45) is 0 Å². The lowest BCUT2D eigenvalue weighted by Crippen LogP contribution is -2.36. The maximum Gasteiger partial charge on any atom is 0.233 e. The molecule has 17 heavy (non-hydrogen) atoms. The largest absolute Gasteiger partial charge is 0.399 e. The van der Waals surface area contributed by atoms with Gasteiger partial charge in [0, 0.05) is 19.3 Å². The van der Waals surface area contributed by atoms with E-state index in [0.29, 0.717) is 6.54 Å². The normalized spacial score (nSPS) is 10.5. The van der Waals surface area contributed by atoms with E-state index in [1.807, 2.05) is 24.3 Å². The maximum atomic E-state index is 11.3. The zero-order valence-electron chi connectivity index (χ0n) is 10.6. The molecule has 0 aromatic heterocycles. The molecular formula is C13H21N3O. The average Bonchev–Trinajstić information content (AvgIpc) is 2.36. The summed E-state index contributed by atoms with van der Waals surface area (Å²) in [5.41, 5.74) is 7.66. The second-order valence-electron chi connectivity index (χ2n) is 4.03. The van der Waals surface area contributed by atoms with Crippen LogP contribution in [0.4, 0.5) is 5.69 Å². The summed E-state index contributed by atoms with van der Waals surface area (Å²) < 4.78 is 0. The number of amides is 1. The van der Waals surface area contributed by atoms with Crippen LogP contribution in [0.25, 0.3) is 0 Å². The van der Waals surface area contributed by atoms with Gasteiger partial charge in [0.15, 0.2) is 0 Å². The van der Waals surface area contributed by atoms with Gasteiger partial charge in [-0.2, -0.15) is 0 Å². The highest BCUT2D eigenvalue weighted by Gasteiger charge is 2.07. The molecule has 0 heterocycles. The molecule has 94 valence electrons. The summed E-state index contributed by atoms with van der Waals surface area (Å²) >= 11 is 0. The van der Waals surface area contributed by atoms with Crippen molar-refractivity contribution >= 4 is 11.6 Å². The van der Waals surface area contributed by atoms with Gasteiger partial charge in [0.25, 0.3) is 0 Å². The first-order chi connectivity index (χ1) is 8.15. The zero-order valence-corrected chi connectivity index (χ0v) is 10.6. The lowest BCUT2D eigenvalue weighted by Gasteiger charge is -2.19. The van der Waals surface area contributed by atoms with Gasteiger partial charge in [-0.15, -0.1) is 0 Å². The molecule has 1 aromatic carbocycles. The molecule has 0 aliphatic heterocycles. The zero-order chi connectivity index (χ0) is 12.7. The summed E-state index contributed by atoms with van der Waals surface area (Å²) in [5, 5.41) is 2.64. The van der Waals surface area contributed by atoms with Gasteiger partial charge >= 0.3 is 0 Å². The molecule has 0 radical (unpaired) electrons.